The van der Waals surface area contributed by atoms with Crippen LogP contribution in [0.15, 0.2) is 24.5 Å². The molecule has 2 heterocycles. The number of amides is 1. The molecule has 222 valence electrons. The quantitative estimate of drug-likeness (QED) is 0.379. The maximum Gasteiger partial charge on any atom is 0.511 e. The van der Waals surface area contributed by atoms with Crippen LogP contribution in [0, 0.1) is 5.92 Å². The van der Waals surface area contributed by atoms with Gasteiger partial charge in [0.25, 0.3) is 0 Å². The highest BCUT2D eigenvalue weighted by atomic mass is 32.2. The predicted molar refractivity (Wildman–Crippen MR) is 134 cm³/mol. The van der Waals surface area contributed by atoms with E-state index in [2.05, 4.69) is 25.5 Å². The minimum absolute atomic E-state index is 0.112. The van der Waals surface area contributed by atoms with Crippen LogP contribution in [0.4, 0.5) is 32.2 Å². The van der Waals surface area contributed by atoms with Crippen molar-refractivity contribution < 1.29 is 39.6 Å². The average Bonchev–Trinajstić information content (AvgIpc) is 2.86. The van der Waals surface area contributed by atoms with Gasteiger partial charge in [-0.05, 0) is 56.2 Å². The molecule has 0 unspecified atom stereocenters. The van der Waals surface area contributed by atoms with Gasteiger partial charge in [-0.2, -0.15) is 26.3 Å². The molecule has 16 heteroatoms. The first-order valence-corrected chi connectivity index (χ1v) is 14.3. The SMILES string of the molecule is CC[C@H](NS(=O)(=O)C(F)(F)F)C1CCC(N2CC(NC(=O)CNc3ncnc4ccc(C(F)(F)F)cc34)C2)CC1. The molecule has 2 aliphatic rings. The van der Waals surface area contributed by atoms with Crippen LogP contribution in [0.5, 0.6) is 0 Å². The summed E-state index contributed by atoms with van der Waals surface area (Å²) >= 11 is 0. The van der Waals surface area contributed by atoms with Crippen LogP contribution < -0.4 is 15.4 Å². The average molecular weight is 597 g/mol. The number of nitrogens with one attached hydrogen (secondary N) is 3. The number of likely N-dealkylation sites (tertiary alicyclic amines) is 1. The lowest BCUT2D eigenvalue weighted by atomic mass is 9.79. The van der Waals surface area contributed by atoms with Gasteiger partial charge in [0.15, 0.2) is 0 Å². The van der Waals surface area contributed by atoms with Crippen molar-refractivity contribution in [3.63, 3.8) is 0 Å². The number of benzene rings is 1. The summed E-state index contributed by atoms with van der Waals surface area (Å²) in [6.07, 6.45) is -0.493. The fourth-order valence-electron chi connectivity index (χ4n) is 5.37. The number of fused-ring (bicyclic) bond motifs is 1. The minimum Gasteiger partial charge on any atom is -0.360 e. The fourth-order valence-corrected chi connectivity index (χ4v) is 6.26. The Morgan fingerprint density at radius 3 is 2.35 bits per heavy atom. The Hall–Kier alpha value is -2.72. The van der Waals surface area contributed by atoms with Gasteiger partial charge in [0, 0.05) is 30.6 Å². The van der Waals surface area contributed by atoms with Gasteiger partial charge in [-0.25, -0.2) is 23.1 Å². The normalized spacial score (nSPS) is 22.1. The first kappa shape index (κ1) is 30.2. The second kappa shape index (κ2) is 11.6. The second-order valence-electron chi connectivity index (χ2n) is 10.2. The molecule has 2 fully saturated rings. The van der Waals surface area contributed by atoms with E-state index in [-0.39, 0.29) is 48.1 Å². The molecule has 1 amide bonds. The summed E-state index contributed by atoms with van der Waals surface area (Å²) in [4.78, 5) is 22.6. The van der Waals surface area contributed by atoms with Gasteiger partial charge in [-0.3, -0.25) is 9.69 Å². The predicted octanol–water partition coefficient (Wildman–Crippen LogP) is 3.64. The van der Waals surface area contributed by atoms with Crippen molar-refractivity contribution in [2.24, 2.45) is 5.92 Å². The number of carbonyl (C=O) groups excluding carboxylic acids is 1. The number of hydrogen-bond donors (Lipinski definition) is 3. The van der Waals surface area contributed by atoms with Crippen molar-refractivity contribution in [3.05, 3.63) is 30.1 Å². The number of halogens is 6. The smallest absolute Gasteiger partial charge is 0.360 e. The van der Waals surface area contributed by atoms with Crippen LogP contribution in [0.3, 0.4) is 0 Å². The van der Waals surface area contributed by atoms with Crippen LogP contribution in [-0.2, 0) is 21.0 Å². The van der Waals surface area contributed by atoms with Crippen molar-refractivity contribution in [2.75, 3.05) is 25.0 Å². The van der Waals surface area contributed by atoms with Crippen LogP contribution in [-0.4, -0.2) is 72.5 Å². The minimum atomic E-state index is -5.40. The Bertz CT molecular complexity index is 1310. The molecule has 1 aromatic heterocycles. The zero-order valence-corrected chi connectivity index (χ0v) is 22.3. The summed E-state index contributed by atoms with van der Waals surface area (Å²) in [6.45, 7) is 2.63. The van der Waals surface area contributed by atoms with Gasteiger partial charge in [0.05, 0.1) is 23.7 Å². The van der Waals surface area contributed by atoms with Crippen LogP contribution >= 0.6 is 0 Å². The van der Waals surface area contributed by atoms with E-state index < -0.39 is 33.3 Å². The number of sulfonamides is 1. The van der Waals surface area contributed by atoms with E-state index >= 15 is 0 Å². The zero-order chi connectivity index (χ0) is 29.3. The molecule has 1 aliphatic carbocycles. The Balaban J connectivity index is 1.22. The third-order valence-electron chi connectivity index (χ3n) is 7.53. The number of hydrogen-bond acceptors (Lipinski definition) is 7. The third kappa shape index (κ3) is 6.94. The third-order valence-corrected chi connectivity index (χ3v) is 8.75. The summed E-state index contributed by atoms with van der Waals surface area (Å²) in [7, 11) is -5.40. The lowest BCUT2D eigenvalue weighted by Gasteiger charge is -2.47. The molecule has 40 heavy (non-hydrogen) atoms. The summed E-state index contributed by atoms with van der Waals surface area (Å²) in [6, 6.07) is 2.39. The fraction of sp³-hybridized carbons (Fsp3) is 0.625. The molecule has 4 rings (SSSR count). The Labute approximate surface area is 227 Å². The van der Waals surface area contributed by atoms with Crippen LogP contribution in [0.1, 0.15) is 44.6 Å². The van der Waals surface area contributed by atoms with E-state index in [1.165, 1.54) is 12.4 Å². The van der Waals surface area contributed by atoms with E-state index in [1.807, 2.05) is 4.72 Å². The summed E-state index contributed by atoms with van der Waals surface area (Å²) in [5, 5.41) is 5.79. The highest BCUT2D eigenvalue weighted by Crippen LogP contribution is 2.34. The summed E-state index contributed by atoms with van der Waals surface area (Å²) in [5.41, 5.74) is -5.89. The van der Waals surface area contributed by atoms with Crippen LogP contribution in [0.25, 0.3) is 10.9 Å². The largest absolute Gasteiger partial charge is 0.511 e. The standard InChI is InChI=1S/C24H30F6N6O3S/c1-2-19(35-40(38,39)24(28,29)30)14-3-6-17(7-4-14)36-11-16(12-36)34-21(37)10-31-22-18-9-15(23(25,26)27)5-8-20(18)32-13-33-22/h5,8-9,13-14,16-17,19,35H,2-4,6-7,10-12H2,1H3,(H,34,37)(H,31,32,33)/t14?,17?,19-/m0/s1. The van der Waals surface area contributed by atoms with Crippen LogP contribution in [0.2, 0.25) is 0 Å². The van der Waals surface area contributed by atoms with E-state index in [4.69, 9.17) is 0 Å². The molecule has 1 atom stereocenters. The van der Waals surface area contributed by atoms with E-state index in [1.54, 1.807) is 6.92 Å². The van der Waals surface area contributed by atoms with Gasteiger partial charge in [-0.1, -0.05) is 6.92 Å². The molecule has 1 saturated heterocycles. The molecular formula is C24H30F6N6O3S. The maximum atomic E-state index is 13.1. The van der Waals surface area contributed by atoms with Crippen molar-refractivity contribution in [2.45, 2.75) is 68.8 Å². The van der Waals surface area contributed by atoms with Gasteiger partial charge < -0.3 is 10.6 Å². The first-order valence-electron chi connectivity index (χ1n) is 12.9. The lowest BCUT2D eigenvalue weighted by molar-refractivity contribution is -0.137. The number of rotatable bonds is 9. The zero-order valence-electron chi connectivity index (χ0n) is 21.5. The molecule has 1 aromatic carbocycles. The molecule has 3 N–H and O–H groups in total. The molecule has 2 aromatic rings. The number of carbonyl (C=O) groups is 1. The number of nitrogens with zero attached hydrogens (tertiary/aromatic N) is 3. The van der Waals surface area contributed by atoms with Crippen molar-refractivity contribution >= 4 is 32.7 Å². The molecule has 0 bridgehead atoms. The monoisotopic (exact) mass is 596 g/mol. The van der Waals surface area contributed by atoms with E-state index in [0.29, 0.717) is 44.3 Å². The molecular weight excluding hydrogens is 566 g/mol. The highest BCUT2D eigenvalue weighted by molar-refractivity contribution is 7.90. The lowest BCUT2D eigenvalue weighted by Crippen LogP contribution is -2.63. The van der Waals surface area contributed by atoms with Gasteiger partial charge in [0.2, 0.25) is 5.91 Å². The summed E-state index contributed by atoms with van der Waals surface area (Å²) < 4.78 is 102. The Kier molecular flexibility index (Phi) is 8.80. The van der Waals surface area contributed by atoms with Crippen molar-refractivity contribution in [3.8, 4) is 0 Å². The number of anilines is 1. The number of aromatic nitrogens is 2. The molecule has 0 spiro atoms. The molecule has 1 aliphatic heterocycles. The topological polar surface area (TPSA) is 116 Å². The molecule has 1 saturated carbocycles. The van der Waals surface area contributed by atoms with E-state index in [9.17, 15) is 39.6 Å². The van der Waals surface area contributed by atoms with Gasteiger partial charge >= 0.3 is 21.7 Å². The van der Waals surface area contributed by atoms with Crippen molar-refractivity contribution in [1.82, 2.24) is 24.9 Å². The van der Waals surface area contributed by atoms with Gasteiger partial charge in [0.1, 0.15) is 12.1 Å². The van der Waals surface area contributed by atoms with E-state index in [0.717, 1.165) is 12.1 Å². The van der Waals surface area contributed by atoms with Gasteiger partial charge in [-0.15, -0.1) is 0 Å². The van der Waals surface area contributed by atoms with Crippen molar-refractivity contribution in [1.29, 1.82) is 0 Å². The molecule has 0 radical (unpaired) electrons. The first-order chi connectivity index (χ1) is 18.7. The Morgan fingerprint density at radius 2 is 1.75 bits per heavy atom. The summed E-state index contributed by atoms with van der Waals surface area (Å²) in [5.74, 6) is -0.428. The Morgan fingerprint density at radius 1 is 1.07 bits per heavy atom. The highest BCUT2D eigenvalue weighted by Gasteiger charge is 2.47. The second-order valence-corrected chi connectivity index (χ2v) is 11.9. The maximum absolute atomic E-state index is 13.1. The molecule has 9 nitrogen and oxygen atoms in total. The number of alkyl halides is 6.